The van der Waals surface area contributed by atoms with Gasteiger partial charge in [0.1, 0.15) is 5.75 Å². The molecule has 3 fully saturated rings. The SMILES string of the molecule is CCC1CN2CCC1C[C@@H]2[C@@H](NC(=S)Nc1cc(C(F)(F)F)cc(C(F)(F)F)c1)c1ccnc2ccc(OC)cc12. The summed E-state index contributed by atoms with van der Waals surface area (Å²) in [7, 11) is 1.56. The molecule has 3 unspecified atom stereocenters. The third-order valence-electron chi connectivity index (χ3n) is 8.29. The van der Waals surface area contributed by atoms with Gasteiger partial charge >= 0.3 is 12.4 Å². The summed E-state index contributed by atoms with van der Waals surface area (Å²) in [6.45, 7) is 4.00. The molecule has 2 bridgehead atoms. The van der Waals surface area contributed by atoms with E-state index in [1.54, 1.807) is 19.4 Å². The number of halogens is 6. The Labute approximate surface area is 239 Å². The van der Waals surface area contributed by atoms with E-state index in [1.807, 2.05) is 18.2 Å². The zero-order valence-electron chi connectivity index (χ0n) is 22.4. The average molecular weight is 597 g/mol. The fourth-order valence-corrected chi connectivity index (χ4v) is 6.50. The Morgan fingerprint density at radius 1 is 1.07 bits per heavy atom. The van der Waals surface area contributed by atoms with E-state index < -0.39 is 35.2 Å². The number of nitrogens with one attached hydrogen (secondary N) is 2. The maximum absolute atomic E-state index is 13.4. The van der Waals surface area contributed by atoms with Crippen molar-refractivity contribution in [2.24, 2.45) is 11.8 Å². The largest absolute Gasteiger partial charge is 0.497 e. The van der Waals surface area contributed by atoms with Crippen molar-refractivity contribution in [3.63, 3.8) is 0 Å². The van der Waals surface area contributed by atoms with Crippen LogP contribution in [-0.2, 0) is 12.4 Å². The molecular formula is C29H30F6N4OS. The highest BCUT2D eigenvalue weighted by Crippen LogP contribution is 2.43. The second-order valence-electron chi connectivity index (χ2n) is 10.7. The van der Waals surface area contributed by atoms with Crippen LogP contribution < -0.4 is 15.4 Å². The maximum atomic E-state index is 13.4. The Morgan fingerprint density at radius 3 is 2.37 bits per heavy atom. The molecule has 0 spiro atoms. The number of aromatic nitrogens is 1. The monoisotopic (exact) mass is 596 g/mol. The van der Waals surface area contributed by atoms with Crippen LogP contribution in [-0.4, -0.2) is 41.2 Å². The van der Waals surface area contributed by atoms with Crippen LogP contribution >= 0.6 is 12.2 Å². The fourth-order valence-electron chi connectivity index (χ4n) is 6.25. The topological polar surface area (TPSA) is 49.4 Å². The van der Waals surface area contributed by atoms with Crippen molar-refractivity contribution in [1.82, 2.24) is 15.2 Å². The molecule has 0 amide bonds. The molecule has 5 nitrogen and oxygen atoms in total. The van der Waals surface area contributed by atoms with Crippen molar-refractivity contribution in [3.05, 3.63) is 65.4 Å². The van der Waals surface area contributed by atoms with Gasteiger partial charge in [0.2, 0.25) is 0 Å². The Morgan fingerprint density at radius 2 is 1.78 bits per heavy atom. The molecule has 2 N–H and O–H groups in total. The van der Waals surface area contributed by atoms with Gasteiger partial charge in [-0.1, -0.05) is 13.3 Å². The molecule has 3 saturated heterocycles. The maximum Gasteiger partial charge on any atom is 0.416 e. The summed E-state index contributed by atoms with van der Waals surface area (Å²) in [5, 5.41) is 6.61. The van der Waals surface area contributed by atoms with E-state index in [0.29, 0.717) is 29.7 Å². The second-order valence-corrected chi connectivity index (χ2v) is 11.1. The molecule has 41 heavy (non-hydrogen) atoms. The lowest BCUT2D eigenvalue weighted by atomic mass is 9.72. The van der Waals surface area contributed by atoms with Crippen LogP contribution in [0.4, 0.5) is 32.0 Å². The summed E-state index contributed by atoms with van der Waals surface area (Å²) < 4.78 is 86.1. The van der Waals surface area contributed by atoms with E-state index in [2.05, 4.69) is 27.4 Å². The van der Waals surface area contributed by atoms with Crippen molar-refractivity contribution in [3.8, 4) is 5.75 Å². The summed E-state index contributed by atoms with van der Waals surface area (Å²) in [6.07, 6.45) is -5.21. The van der Waals surface area contributed by atoms with Gasteiger partial charge in [0, 0.05) is 29.9 Å². The van der Waals surface area contributed by atoms with E-state index in [0.717, 1.165) is 48.8 Å². The van der Waals surface area contributed by atoms with Crippen molar-refractivity contribution < 1.29 is 31.1 Å². The van der Waals surface area contributed by atoms with Crippen LogP contribution in [0.15, 0.2) is 48.7 Å². The highest BCUT2D eigenvalue weighted by Gasteiger charge is 2.43. The molecule has 12 heteroatoms. The molecule has 220 valence electrons. The van der Waals surface area contributed by atoms with Gasteiger partial charge in [0.05, 0.1) is 29.8 Å². The quantitative estimate of drug-likeness (QED) is 0.228. The second kappa shape index (κ2) is 11.3. The number of pyridine rings is 1. The number of rotatable bonds is 6. The minimum Gasteiger partial charge on any atom is -0.497 e. The molecule has 0 saturated carbocycles. The first kappa shape index (κ1) is 29.4. The Hall–Kier alpha value is -3.12. The third-order valence-corrected chi connectivity index (χ3v) is 8.51. The molecule has 2 aromatic carbocycles. The van der Waals surface area contributed by atoms with E-state index in [4.69, 9.17) is 17.0 Å². The normalized spacial score (nSPS) is 23.3. The van der Waals surface area contributed by atoms with Gasteiger partial charge < -0.3 is 15.4 Å². The van der Waals surface area contributed by atoms with Crippen molar-refractivity contribution in [2.45, 2.75) is 50.6 Å². The number of alkyl halides is 6. The summed E-state index contributed by atoms with van der Waals surface area (Å²) in [6, 6.07) is 8.32. The number of methoxy groups -OCH3 is 1. The first-order valence-corrected chi connectivity index (χ1v) is 13.8. The molecule has 6 rings (SSSR count). The first-order chi connectivity index (χ1) is 19.4. The zero-order valence-corrected chi connectivity index (χ0v) is 23.3. The molecular weight excluding hydrogens is 566 g/mol. The smallest absolute Gasteiger partial charge is 0.416 e. The van der Waals surface area contributed by atoms with Crippen molar-refractivity contribution in [1.29, 1.82) is 0 Å². The molecule has 4 heterocycles. The number of nitrogens with zero attached hydrogens (tertiary/aromatic N) is 2. The highest BCUT2D eigenvalue weighted by molar-refractivity contribution is 7.80. The van der Waals surface area contributed by atoms with Crippen LogP contribution in [0.1, 0.15) is 48.9 Å². The summed E-state index contributed by atoms with van der Waals surface area (Å²) in [5.74, 6) is 1.72. The molecule has 3 aliphatic heterocycles. The van der Waals surface area contributed by atoms with Crippen LogP contribution in [0.25, 0.3) is 10.9 Å². The van der Waals surface area contributed by atoms with Gasteiger partial charge in [0.25, 0.3) is 0 Å². The lowest BCUT2D eigenvalue weighted by Gasteiger charge is -2.52. The van der Waals surface area contributed by atoms with Gasteiger partial charge in [-0.15, -0.1) is 0 Å². The number of benzene rings is 2. The molecule has 1 aromatic heterocycles. The zero-order chi connectivity index (χ0) is 29.5. The Balaban J connectivity index is 1.51. The molecule has 0 aliphatic carbocycles. The molecule has 0 radical (unpaired) electrons. The van der Waals surface area contributed by atoms with Crippen LogP contribution in [0.2, 0.25) is 0 Å². The minimum absolute atomic E-state index is 0.000321. The number of hydrogen-bond acceptors (Lipinski definition) is 4. The summed E-state index contributed by atoms with van der Waals surface area (Å²) >= 11 is 5.51. The molecule has 5 atom stereocenters. The fraction of sp³-hybridized carbons (Fsp3) is 0.448. The minimum atomic E-state index is -4.96. The van der Waals surface area contributed by atoms with Crippen LogP contribution in [0.3, 0.4) is 0 Å². The number of thiocarbonyl (C=S) groups is 1. The number of anilines is 1. The number of fused-ring (bicyclic) bond motifs is 4. The van der Waals surface area contributed by atoms with Gasteiger partial charge in [-0.3, -0.25) is 9.88 Å². The predicted molar refractivity (Wildman–Crippen MR) is 149 cm³/mol. The number of ether oxygens (including phenoxy) is 1. The van der Waals surface area contributed by atoms with Crippen LogP contribution in [0, 0.1) is 11.8 Å². The summed E-state index contributed by atoms with van der Waals surface area (Å²) in [4.78, 5) is 6.88. The average Bonchev–Trinajstić information content (AvgIpc) is 2.94. The van der Waals surface area contributed by atoms with E-state index in [-0.39, 0.29) is 17.2 Å². The van der Waals surface area contributed by atoms with Gasteiger partial charge in [-0.05, 0) is 91.5 Å². The van der Waals surface area contributed by atoms with E-state index in [1.165, 1.54) is 0 Å². The molecule has 3 aromatic rings. The first-order valence-electron chi connectivity index (χ1n) is 13.4. The Kier molecular flexibility index (Phi) is 8.08. The predicted octanol–water partition coefficient (Wildman–Crippen LogP) is 7.43. The highest BCUT2D eigenvalue weighted by atomic mass is 32.1. The Bertz CT molecular complexity index is 1400. The lowest BCUT2D eigenvalue weighted by molar-refractivity contribution is -0.143. The standard InChI is InChI=1S/C29H30F6N4OS/c1-3-16-15-39-9-7-17(16)10-25(39)26(22-6-8-36-24-5-4-21(40-2)14-23(22)24)38-27(41)37-20-12-18(28(30,31)32)11-19(13-20)29(33,34)35/h4-6,8,11-14,16-17,25-26H,3,7,9-10,15H2,1-2H3,(H2,37,38,41)/t16?,17?,25-,26+/m1/s1. The number of hydrogen-bond donors (Lipinski definition) is 2. The van der Waals surface area contributed by atoms with Gasteiger partial charge in [0.15, 0.2) is 5.11 Å². The lowest BCUT2D eigenvalue weighted by Crippen LogP contribution is -2.58. The summed E-state index contributed by atoms with van der Waals surface area (Å²) in [5.41, 5.74) is -1.64. The van der Waals surface area contributed by atoms with Gasteiger partial charge in [-0.25, -0.2) is 0 Å². The molecule has 3 aliphatic rings. The van der Waals surface area contributed by atoms with E-state index >= 15 is 0 Å². The van der Waals surface area contributed by atoms with Gasteiger partial charge in [-0.2, -0.15) is 26.3 Å². The van der Waals surface area contributed by atoms with Crippen molar-refractivity contribution >= 4 is 33.9 Å². The van der Waals surface area contributed by atoms with Crippen molar-refractivity contribution in [2.75, 3.05) is 25.5 Å². The van der Waals surface area contributed by atoms with Crippen LogP contribution in [0.5, 0.6) is 5.75 Å². The number of piperidine rings is 3. The third kappa shape index (κ3) is 6.23. The van der Waals surface area contributed by atoms with E-state index in [9.17, 15) is 26.3 Å².